The fraction of sp³-hybridized carbons (Fsp3) is 0.111. The molecule has 0 atom stereocenters. The zero-order valence-electron chi connectivity index (χ0n) is 17.1. The average molecular weight is 411 g/mol. The topological polar surface area (TPSA) is 0 Å². The maximum absolute atomic E-state index is 4.19. The van der Waals surface area contributed by atoms with Gasteiger partial charge in [0.2, 0.25) is 0 Å². The van der Waals surface area contributed by atoms with E-state index in [0.29, 0.717) is 0 Å². The Bertz CT molecular complexity index is 807. The maximum Gasteiger partial charge on any atom is 0.140 e. The largest absolute Gasteiger partial charge is 0.140 e. The van der Waals surface area contributed by atoms with Crippen molar-refractivity contribution in [3.8, 4) is 0 Å². The zero-order valence-corrected chi connectivity index (χ0v) is 19.1. The Hall–Kier alpha value is -2.69. The molecule has 3 rings (SSSR count). The molecule has 3 aromatic carbocycles. The summed E-state index contributed by atoms with van der Waals surface area (Å²) >= 11 is 0. The molecule has 0 aliphatic heterocycles. The number of benzene rings is 3. The van der Waals surface area contributed by atoms with E-state index in [4.69, 9.17) is 0 Å². The molecule has 0 aliphatic rings. The van der Waals surface area contributed by atoms with Crippen LogP contribution in [0.25, 0.3) is 0 Å². The van der Waals surface area contributed by atoms with Crippen molar-refractivity contribution >= 4 is 30.7 Å². The summed E-state index contributed by atoms with van der Waals surface area (Å²) in [6.45, 7) is 12.6. The van der Waals surface area contributed by atoms with Crippen LogP contribution in [0, 0.1) is 0 Å². The molecule has 0 nitrogen and oxygen atoms in total. The van der Waals surface area contributed by atoms with E-state index in [-0.39, 0.29) is 0 Å². The normalized spacial score (nSPS) is 11.6. The van der Waals surface area contributed by atoms with Gasteiger partial charge in [-0.05, 0) is 18.1 Å². The van der Waals surface area contributed by atoms with Crippen molar-refractivity contribution in [2.24, 2.45) is 0 Å². The van der Waals surface area contributed by atoms with Crippen LogP contribution in [-0.2, 0) is 0 Å². The lowest BCUT2D eigenvalue weighted by Gasteiger charge is -2.48. The van der Waals surface area contributed by atoms with Crippen molar-refractivity contribution in [1.82, 2.24) is 0 Å². The third-order valence-corrected chi connectivity index (χ3v) is 23.6. The second-order valence-corrected chi connectivity index (χ2v) is 20.1. The van der Waals surface area contributed by atoms with Crippen LogP contribution in [0.15, 0.2) is 129 Å². The summed E-state index contributed by atoms with van der Waals surface area (Å²) in [4.78, 5) is 0. The summed E-state index contributed by atoms with van der Waals surface area (Å²) in [5, 5.41) is 4.44. The molecule has 0 unspecified atom stereocenters. The Labute approximate surface area is 177 Å². The first-order valence-electron chi connectivity index (χ1n) is 10.2. The minimum Gasteiger partial charge on any atom is -0.103 e. The summed E-state index contributed by atoms with van der Waals surface area (Å²) in [5.41, 5.74) is 0. The van der Waals surface area contributed by atoms with Gasteiger partial charge in [-0.3, -0.25) is 0 Å². The summed E-state index contributed by atoms with van der Waals surface area (Å²) in [6.07, 6.45) is 6.45. The number of hydrogen-bond acceptors (Lipinski definition) is 0. The van der Waals surface area contributed by atoms with Crippen molar-refractivity contribution in [1.29, 1.82) is 0 Å². The first-order valence-corrected chi connectivity index (χ1v) is 15.9. The first-order chi connectivity index (χ1) is 14.2. The molecular formula is C27H30Si2. The lowest BCUT2D eigenvalue weighted by molar-refractivity contribution is 1.40. The van der Waals surface area contributed by atoms with Crippen molar-refractivity contribution in [3.05, 3.63) is 129 Å². The highest BCUT2D eigenvalue weighted by Crippen LogP contribution is 2.33. The summed E-state index contributed by atoms with van der Waals surface area (Å²) in [5.74, 6) is 0. The highest BCUT2D eigenvalue weighted by Gasteiger charge is 2.56. The number of hydrogen-bond donors (Lipinski definition) is 0. The molecule has 0 fully saturated rings. The van der Waals surface area contributed by atoms with Crippen LogP contribution in [0.4, 0.5) is 0 Å². The fourth-order valence-corrected chi connectivity index (χ4v) is 24.1. The second kappa shape index (κ2) is 9.68. The molecule has 0 bridgehead atoms. The van der Waals surface area contributed by atoms with Gasteiger partial charge in [0.25, 0.3) is 0 Å². The lowest BCUT2D eigenvalue weighted by Crippen LogP contribution is -2.82. The molecule has 0 aliphatic carbocycles. The van der Waals surface area contributed by atoms with E-state index in [1.165, 1.54) is 15.6 Å². The molecule has 2 heteroatoms. The molecule has 0 amide bonds. The van der Waals surface area contributed by atoms with Crippen LogP contribution in [0.3, 0.4) is 0 Å². The smallest absolute Gasteiger partial charge is 0.103 e. The second-order valence-electron chi connectivity index (χ2n) is 7.61. The quantitative estimate of drug-likeness (QED) is 0.243. The Kier molecular flexibility index (Phi) is 7.02. The standard InChI is InChI=1S/C27H30Si2/c1-4-22-28(23-5-2,24-6-3)29(25-16-10-7-11-17-25,26-18-12-8-13-19-26)27-20-14-9-15-21-27/h4-21H,1-3,22-24H2. The Morgan fingerprint density at radius 1 is 0.483 bits per heavy atom. The van der Waals surface area contributed by atoms with Gasteiger partial charge in [-0.15, -0.1) is 19.7 Å². The third-order valence-electron chi connectivity index (χ3n) is 6.02. The summed E-state index contributed by atoms with van der Waals surface area (Å²) in [7, 11) is -4.35. The van der Waals surface area contributed by atoms with Crippen LogP contribution < -0.4 is 15.6 Å². The van der Waals surface area contributed by atoms with Crippen molar-refractivity contribution in [2.75, 3.05) is 0 Å². The number of rotatable bonds is 10. The van der Waals surface area contributed by atoms with E-state index in [9.17, 15) is 0 Å². The molecule has 0 aromatic heterocycles. The third kappa shape index (κ3) is 3.78. The molecule has 0 saturated heterocycles. The van der Waals surface area contributed by atoms with Crippen LogP contribution in [0.1, 0.15) is 0 Å². The average Bonchev–Trinajstić information content (AvgIpc) is 2.77. The molecular weight excluding hydrogens is 380 g/mol. The van der Waals surface area contributed by atoms with Gasteiger partial charge < -0.3 is 0 Å². The van der Waals surface area contributed by atoms with Crippen molar-refractivity contribution in [2.45, 2.75) is 18.1 Å². The van der Waals surface area contributed by atoms with E-state index < -0.39 is 15.2 Å². The molecule has 0 N–H and O–H groups in total. The van der Waals surface area contributed by atoms with Crippen molar-refractivity contribution in [3.63, 3.8) is 0 Å². The van der Waals surface area contributed by atoms with Gasteiger partial charge in [0, 0.05) is 0 Å². The van der Waals surface area contributed by atoms with Crippen LogP contribution in [0.5, 0.6) is 0 Å². The first kappa shape index (κ1) is 21.0. The van der Waals surface area contributed by atoms with Crippen LogP contribution >= 0.6 is 0 Å². The van der Waals surface area contributed by atoms with Gasteiger partial charge in [-0.25, -0.2) is 0 Å². The van der Waals surface area contributed by atoms with Gasteiger partial charge in [0.15, 0.2) is 0 Å². The van der Waals surface area contributed by atoms with Gasteiger partial charge in [0.1, 0.15) is 7.59 Å². The van der Waals surface area contributed by atoms with Gasteiger partial charge in [-0.1, -0.05) is 125 Å². The van der Waals surface area contributed by atoms with E-state index in [1.807, 2.05) is 0 Å². The Balaban J connectivity index is 2.52. The molecule has 146 valence electrons. The maximum atomic E-state index is 4.19. The highest BCUT2D eigenvalue weighted by molar-refractivity contribution is 7.56. The predicted molar refractivity (Wildman–Crippen MR) is 135 cm³/mol. The van der Waals surface area contributed by atoms with E-state index in [0.717, 1.165) is 18.1 Å². The van der Waals surface area contributed by atoms with Crippen molar-refractivity contribution < 1.29 is 0 Å². The lowest BCUT2D eigenvalue weighted by atomic mass is 10.3. The molecule has 29 heavy (non-hydrogen) atoms. The van der Waals surface area contributed by atoms with Gasteiger partial charge in [0.05, 0.1) is 7.59 Å². The SMILES string of the molecule is C=CC[Si](CC=C)(CC=C)[Si](c1ccccc1)(c1ccccc1)c1ccccc1. The molecule has 0 radical (unpaired) electrons. The van der Waals surface area contributed by atoms with E-state index in [2.05, 4.69) is 129 Å². The van der Waals surface area contributed by atoms with Gasteiger partial charge in [-0.2, -0.15) is 0 Å². The molecule has 0 spiro atoms. The highest BCUT2D eigenvalue weighted by atomic mass is 29.3. The molecule has 3 aromatic rings. The summed E-state index contributed by atoms with van der Waals surface area (Å²) in [6, 6.07) is 36.8. The van der Waals surface area contributed by atoms with E-state index >= 15 is 0 Å². The minimum absolute atomic E-state index is 1.05. The molecule has 0 saturated carbocycles. The predicted octanol–water partition coefficient (Wildman–Crippen LogP) is 5.24. The zero-order chi connectivity index (χ0) is 20.6. The summed E-state index contributed by atoms with van der Waals surface area (Å²) < 4.78 is 0. The Morgan fingerprint density at radius 3 is 1.00 bits per heavy atom. The Morgan fingerprint density at radius 2 is 0.759 bits per heavy atom. The van der Waals surface area contributed by atoms with Gasteiger partial charge >= 0.3 is 0 Å². The fourth-order valence-electron chi connectivity index (χ4n) is 5.02. The minimum atomic E-state index is -2.34. The monoisotopic (exact) mass is 410 g/mol. The number of allylic oxidation sites excluding steroid dienone is 3. The van der Waals surface area contributed by atoms with E-state index in [1.54, 1.807) is 0 Å². The van der Waals surface area contributed by atoms with Crippen LogP contribution in [-0.4, -0.2) is 15.2 Å². The molecule has 0 heterocycles. The van der Waals surface area contributed by atoms with Crippen LogP contribution in [0.2, 0.25) is 18.1 Å².